The average molecular weight is 649 g/mol. The van der Waals surface area contributed by atoms with E-state index in [0.717, 1.165) is 44.3 Å². The third-order valence-corrected chi connectivity index (χ3v) is 7.27. The van der Waals surface area contributed by atoms with Gasteiger partial charge in [-0.25, -0.2) is 14.4 Å². The number of rotatable bonds is 21. The summed E-state index contributed by atoms with van der Waals surface area (Å²) in [5.74, 6) is -0.145. The van der Waals surface area contributed by atoms with Crippen LogP contribution in [0.2, 0.25) is 0 Å². The van der Waals surface area contributed by atoms with Gasteiger partial charge in [-0.05, 0) is 92.1 Å². The molecule has 1 N–H and O–H groups in total. The predicted molar refractivity (Wildman–Crippen MR) is 185 cm³/mol. The van der Waals surface area contributed by atoms with Gasteiger partial charge in [-0.3, -0.25) is 0 Å². The third-order valence-electron chi connectivity index (χ3n) is 7.27. The Hall–Kier alpha value is -4.33. The van der Waals surface area contributed by atoms with Gasteiger partial charge in [-0.2, -0.15) is 0 Å². The average Bonchev–Trinajstić information content (AvgIpc) is 3.09. The van der Waals surface area contributed by atoms with E-state index >= 15 is 0 Å². The minimum absolute atomic E-state index is 0.292. The summed E-state index contributed by atoms with van der Waals surface area (Å²) in [6.07, 6.45) is 13.9. The van der Waals surface area contributed by atoms with Crippen molar-refractivity contribution in [3.63, 3.8) is 0 Å². The number of unbranched alkanes of at least 4 members (excludes halogenated alkanes) is 9. The lowest BCUT2D eigenvalue weighted by atomic mass is 10.2. The van der Waals surface area contributed by atoms with E-state index in [1.54, 1.807) is 72.8 Å². The van der Waals surface area contributed by atoms with Crippen molar-refractivity contribution in [2.24, 2.45) is 0 Å². The van der Waals surface area contributed by atoms with E-state index in [1.165, 1.54) is 38.5 Å². The minimum atomic E-state index is -0.906. The van der Waals surface area contributed by atoms with Crippen molar-refractivity contribution in [1.82, 2.24) is 0 Å². The molecular weight excluding hydrogens is 596 g/mol. The smallest absolute Gasteiger partial charge is 0.346 e. The van der Waals surface area contributed by atoms with Gasteiger partial charge in [0.2, 0.25) is 0 Å². The topological polar surface area (TPSA) is 108 Å². The molecule has 3 aromatic rings. The van der Waals surface area contributed by atoms with Crippen LogP contribution in [0.1, 0.15) is 129 Å². The Morgan fingerprint density at radius 3 is 1.11 bits per heavy atom. The van der Waals surface area contributed by atoms with Crippen molar-refractivity contribution in [1.29, 1.82) is 0 Å². The highest BCUT2D eigenvalue weighted by Crippen LogP contribution is 2.17. The Labute approximate surface area is 280 Å². The zero-order chi connectivity index (χ0) is 34.1. The van der Waals surface area contributed by atoms with Gasteiger partial charge in [0.05, 0.1) is 36.5 Å². The highest BCUT2D eigenvalue weighted by molar-refractivity contribution is 6.02. The number of carboxylic acids is 1. The van der Waals surface area contributed by atoms with Gasteiger partial charge in [0.25, 0.3) is 0 Å². The van der Waals surface area contributed by atoms with Crippen LogP contribution in [0.25, 0.3) is 0 Å². The summed E-state index contributed by atoms with van der Waals surface area (Å²) < 4.78 is 21.8. The van der Waals surface area contributed by atoms with Crippen LogP contribution in [0.3, 0.4) is 0 Å². The molecule has 256 valence electrons. The summed E-state index contributed by atoms with van der Waals surface area (Å²) in [6, 6.07) is 19.8. The van der Waals surface area contributed by atoms with Crippen molar-refractivity contribution < 1.29 is 38.4 Å². The monoisotopic (exact) mass is 648 g/mol. The molecule has 0 fully saturated rings. The number of carbonyl (C=O) groups is 3. The predicted octanol–water partition coefficient (Wildman–Crippen LogP) is 9.95. The Balaban J connectivity index is 0.000000382. The molecule has 0 amide bonds. The van der Waals surface area contributed by atoms with E-state index in [4.69, 9.17) is 24.1 Å². The molecule has 3 aromatic carbocycles. The maximum absolute atomic E-state index is 12.2. The first-order valence-electron chi connectivity index (χ1n) is 17.1. The van der Waals surface area contributed by atoms with Gasteiger partial charge in [0.1, 0.15) is 17.2 Å². The fraction of sp³-hybridized carbons (Fsp3) is 0.462. The number of hydrogen-bond donors (Lipinski definition) is 1. The van der Waals surface area contributed by atoms with Gasteiger partial charge >= 0.3 is 17.9 Å². The molecule has 8 nitrogen and oxygen atoms in total. The minimum Gasteiger partial charge on any atom is -0.494 e. The first-order valence-corrected chi connectivity index (χ1v) is 17.1. The summed E-state index contributed by atoms with van der Waals surface area (Å²) in [6.45, 7) is 8.51. The molecule has 3 rings (SSSR count). The fourth-order valence-electron chi connectivity index (χ4n) is 4.43. The van der Waals surface area contributed by atoms with Crippen LogP contribution in [-0.4, -0.2) is 42.8 Å². The molecule has 8 heteroatoms. The fourth-order valence-corrected chi connectivity index (χ4v) is 4.43. The Morgan fingerprint density at radius 2 is 0.745 bits per heavy atom. The van der Waals surface area contributed by atoms with Crippen LogP contribution in [-0.2, 0) is 4.74 Å². The van der Waals surface area contributed by atoms with Gasteiger partial charge in [0, 0.05) is 0 Å². The Bertz CT molecular complexity index is 1280. The van der Waals surface area contributed by atoms with Gasteiger partial charge in [-0.1, -0.05) is 78.6 Å². The second kappa shape index (κ2) is 23.9. The van der Waals surface area contributed by atoms with E-state index in [0.29, 0.717) is 48.0 Å². The number of carboxylic acid groups (broad SMARTS) is 1. The van der Waals surface area contributed by atoms with Crippen LogP contribution in [0.5, 0.6) is 17.2 Å². The third kappa shape index (κ3) is 16.7. The standard InChI is InChI=1S/C25H32O5.C14H20O3/c1-3-5-7-9-19-29-23-16-12-21(13-17-23)25(27)30-24(26)20-10-14-22(15-11-20)28-18-8-6-4-2;1-2-3-4-5-6-11-17-13-9-7-12(8-10-13)14(15)16/h10-17H,3-9,18-19H2,1-2H3;7-10H,2-6,11H2,1H3,(H,15,16). The molecule has 0 spiro atoms. The Morgan fingerprint density at radius 1 is 0.447 bits per heavy atom. The van der Waals surface area contributed by atoms with Gasteiger partial charge in [-0.15, -0.1) is 0 Å². The van der Waals surface area contributed by atoms with Crippen molar-refractivity contribution in [3.8, 4) is 17.2 Å². The van der Waals surface area contributed by atoms with Crippen LogP contribution >= 0.6 is 0 Å². The molecule has 0 aliphatic rings. The van der Waals surface area contributed by atoms with Crippen molar-refractivity contribution >= 4 is 17.9 Å². The van der Waals surface area contributed by atoms with E-state index in [-0.39, 0.29) is 0 Å². The molecule has 0 saturated heterocycles. The van der Waals surface area contributed by atoms with Crippen LogP contribution in [0, 0.1) is 0 Å². The van der Waals surface area contributed by atoms with E-state index in [2.05, 4.69) is 20.8 Å². The number of carbonyl (C=O) groups excluding carboxylic acids is 2. The zero-order valence-corrected chi connectivity index (χ0v) is 28.3. The Kier molecular flexibility index (Phi) is 19.8. The normalized spacial score (nSPS) is 10.4. The van der Waals surface area contributed by atoms with E-state index in [1.807, 2.05) is 0 Å². The molecule has 0 atom stereocenters. The SMILES string of the molecule is CCCCCCCOc1ccc(C(=O)O)cc1.CCCCCCOc1ccc(C(=O)OC(=O)c2ccc(OCCCCC)cc2)cc1. The molecule has 0 aliphatic heterocycles. The lowest BCUT2D eigenvalue weighted by molar-refractivity contribution is 0.0397. The summed E-state index contributed by atoms with van der Waals surface area (Å²) in [5.41, 5.74) is 0.897. The molecule has 0 heterocycles. The number of hydrogen-bond acceptors (Lipinski definition) is 7. The molecule has 0 unspecified atom stereocenters. The van der Waals surface area contributed by atoms with Crippen LogP contribution < -0.4 is 14.2 Å². The molecule has 0 radical (unpaired) electrons. The highest BCUT2D eigenvalue weighted by atomic mass is 16.6. The number of ether oxygens (including phenoxy) is 4. The number of benzene rings is 3. The summed E-state index contributed by atoms with van der Waals surface area (Å²) in [4.78, 5) is 35.1. The maximum atomic E-state index is 12.2. The molecular formula is C39H52O8. The molecule has 0 aliphatic carbocycles. The maximum Gasteiger partial charge on any atom is 0.346 e. The first-order chi connectivity index (χ1) is 22.9. The lowest BCUT2D eigenvalue weighted by Gasteiger charge is -2.08. The van der Waals surface area contributed by atoms with Crippen molar-refractivity contribution in [3.05, 3.63) is 89.5 Å². The largest absolute Gasteiger partial charge is 0.494 e. The van der Waals surface area contributed by atoms with Gasteiger partial charge < -0.3 is 24.1 Å². The lowest BCUT2D eigenvalue weighted by Crippen LogP contribution is -2.12. The van der Waals surface area contributed by atoms with Crippen molar-refractivity contribution in [2.45, 2.75) is 97.8 Å². The van der Waals surface area contributed by atoms with E-state index in [9.17, 15) is 14.4 Å². The molecule has 0 saturated carbocycles. The molecule has 47 heavy (non-hydrogen) atoms. The summed E-state index contributed by atoms with van der Waals surface area (Å²) in [7, 11) is 0. The van der Waals surface area contributed by atoms with Gasteiger partial charge in [0.15, 0.2) is 0 Å². The number of aromatic carboxylic acids is 1. The van der Waals surface area contributed by atoms with Crippen LogP contribution in [0.15, 0.2) is 72.8 Å². The molecule has 0 bridgehead atoms. The van der Waals surface area contributed by atoms with E-state index < -0.39 is 17.9 Å². The second-order valence-electron chi connectivity index (χ2n) is 11.3. The van der Waals surface area contributed by atoms with Crippen LogP contribution in [0.4, 0.5) is 0 Å². The zero-order valence-electron chi connectivity index (χ0n) is 28.3. The summed E-state index contributed by atoms with van der Waals surface area (Å²) in [5, 5.41) is 8.73. The number of esters is 2. The highest BCUT2D eigenvalue weighted by Gasteiger charge is 2.15. The molecule has 0 aromatic heterocycles. The first kappa shape index (κ1) is 38.9. The summed E-state index contributed by atoms with van der Waals surface area (Å²) >= 11 is 0. The quantitative estimate of drug-likeness (QED) is 0.0691. The van der Waals surface area contributed by atoms with Crippen molar-refractivity contribution in [2.75, 3.05) is 19.8 Å². The second-order valence-corrected chi connectivity index (χ2v) is 11.3.